The monoisotopic (exact) mass is 210 g/mol. The molecule has 1 amide bonds. The van der Waals surface area contributed by atoms with Crippen LogP contribution >= 0.6 is 0 Å². The van der Waals surface area contributed by atoms with Gasteiger partial charge in [-0.3, -0.25) is 4.79 Å². The molecule has 2 rings (SSSR count). The van der Waals surface area contributed by atoms with E-state index in [2.05, 4.69) is 24.5 Å². The molecule has 15 heavy (non-hydrogen) atoms. The smallest absolute Gasteiger partial charge is 0.227 e. The maximum atomic E-state index is 12.0. The van der Waals surface area contributed by atoms with Gasteiger partial charge in [0, 0.05) is 13.1 Å². The second kappa shape index (κ2) is 4.12. The van der Waals surface area contributed by atoms with Gasteiger partial charge in [-0.2, -0.15) is 0 Å². The van der Waals surface area contributed by atoms with Crippen LogP contribution in [0.2, 0.25) is 0 Å². The molecule has 2 atom stereocenters. The average Bonchev–Trinajstić information content (AvgIpc) is 2.98. The van der Waals surface area contributed by atoms with Crippen LogP contribution in [0.15, 0.2) is 0 Å². The molecule has 0 radical (unpaired) electrons. The average molecular weight is 210 g/mol. The summed E-state index contributed by atoms with van der Waals surface area (Å²) in [6, 6.07) is 0. The minimum absolute atomic E-state index is 0.163. The molecular weight excluding hydrogens is 188 g/mol. The van der Waals surface area contributed by atoms with E-state index in [9.17, 15) is 4.79 Å². The third-order valence-corrected chi connectivity index (χ3v) is 3.93. The normalized spacial score (nSPS) is 32.7. The van der Waals surface area contributed by atoms with E-state index < -0.39 is 0 Å². The van der Waals surface area contributed by atoms with Gasteiger partial charge in [0.05, 0.1) is 5.41 Å². The van der Waals surface area contributed by atoms with E-state index in [4.69, 9.17) is 0 Å². The van der Waals surface area contributed by atoms with Crippen LogP contribution in [0.1, 0.15) is 33.1 Å². The highest BCUT2D eigenvalue weighted by Gasteiger charge is 2.36. The fourth-order valence-electron chi connectivity index (χ4n) is 2.31. The zero-order valence-electron chi connectivity index (χ0n) is 9.81. The molecule has 0 spiro atoms. The molecule has 1 heterocycles. The molecule has 3 heteroatoms. The summed E-state index contributed by atoms with van der Waals surface area (Å²) in [5.41, 5.74) is -0.163. The zero-order valence-corrected chi connectivity index (χ0v) is 9.81. The first kappa shape index (κ1) is 10.9. The predicted molar refractivity (Wildman–Crippen MR) is 60.5 cm³/mol. The van der Waals surface area contributed by atoms with Gasteiger partial charge in [-0.25, -0.2) is 0 Å². The lowest BCUT2D eigenvalue weighted by molar-refractivity contribution is -0.129. The second-order valence-electron chi connectivity index (χ2n) is 5.51. The molecule has 2 N–H and O–H groups in total. The zero-order chi connectivity index (χ0) is 10.9. The molecule has 86 valence electrons. The Morgan fingerprint density at radius 3 is 2.87 bits per heavy atom. The predicted octanol–water partition coefficient (Wildman–Crippen LogP) is 1.15. The highest BCUT2D eigenvalue weighted by Crippen LogP contribution is 2.36. The molecule has 1 saturated heterocycles. The van der Waals surface area contributed by atoms with E-state index in [-0.39, 0.29) is 11.3 Å². The maximum absolute atomic E-state index is 12.0. The molecule has 2 fully saturated rings. The highest BCUT2D eigenvalue weighted by atomic mass is 16.2. The van der Waals surface area contributed by atoms with Crippen LogP contribution in [0.5, 0.6) is 0 Å². The third-order valence-electron chi connectivity index (χ3n) is 3.93. The first-order valence-corrected chi connectivity index (χ1v) is 6.11. The fraction of sp³-hybridized carbons (Fsp3) is 0.917. The summed E-state index contributed by atoms with van der Waals surface area (Å²) in [4.78, 5) is 12.0. The standard InChI is InChI=1S/C12H22N2O/c1-9(10-3-4-10)7-14-11(15)12(2)5-6-13-8-12/h9-10,13H,3-8H2,1-2H3,(H,14,15). The van der Waals surface area contributed by atoms with Gasteiger partial charge >= 0.3 is 0 Å². The molecule has 0 aromatic heterocycles. The van der Waals surface area contributed by atoms with Gasteiger partial charge in [0.1, 0.15) is 0 Å². The van der Waals surface area contributed by atoms with Crippen molar-refractivity contribution >= 4 is 5.91 Å². The van der Waals surface area contributed by atoms with Crippen molar-refractivity contribution in [3.63, 3.8) is 0 Å². The lowest BCUT2D eigenvalue weighted by Crippen LogP contribution is -2.42. The van der Waals surface area contributed by atoms with Crippen LogP contribution in [0.4, 0.5) is 0 Å². The van der Waals surface area contributed by atoms with Crippen LogP contribution in [0.3, 0.4) is 0 Å². The molecule has 2 aliphatic rings. The van der Waals surface area contributed by atoms with E-state index >= 15 is 0 Å². The first-order chi connectivity index (χ1) is 7.12. The molecule has 0 aromatic rings. The summed E-state index contributed by atoms with van der Waals surface area (Å²) in [7, 11) is 0. The Morgan fingerprint density at radius 2 is 2.33 bits per heavy atom. The van der Waals surface area contributed by atoms with Gasteiger partial charge in [0.2, 0.25) is 5.91 Å². The Morgan fingerprint density at radius 1 is 1.60 bits per heavy atom. The Labute approximate surface area is 92.0 Å². The van der Waals surface area contributed by atoms with Crippen molar-refractivity contribution in [2.75, 3.05) is 19.6 Å². The molecule has 1 saturated carbocycles. The van der Waals surface area contributed by atoms with Crippen LogP contribution in [0, 0.1) is 17.3 Å². The summed E-state index contributed by atoms with van der Waals surface area (Å²) in [5.74, 6) is 1.77. The van der Waals surface area contributed by atoms with Crippen LogP contribution in [0.25, 0.3) is 0 Å². The Bertz CT molecular complexity index is 242. The van der Waals surface area contributed by atoms with E-state index in [1.54, 1.807) is 0 Å². The number of rotatable bonds is 4. The van der Waals surface area contributed by atoms with Crippen molar-refractivity contribution in [2.24, 2.45) is 17.3 Å². The SMILES string of the molecule is CC(CNC(=O)C1(C)CCNC1)C1CC1. The fourth-order valence-corrected chi connectivity index (χ4v) is 2.31. The number of nitrogens with one attached hydrogen (secondary N) is 2. The summed E-state index contributed by atoms with van der Waals surface area (Å²) < 4.78 is 0. The lowest BCUT2D eigenvalue weighted by Gasteiger charge is -2.22. The largest absolute Gasteiger partial charge is 0.355 e. The van der Waals surface area contributed by atoms with E-state index in [1.807, 2.05) is 0 Å². The Balaban J connectivity index is 1.75. The van der Waals surface area contributed by atoms with Crippen molar-refractivity contribution in [3.8, 4) is 0 Å². The number of hydrogen-bond donors (Lipinski definition) is 2. The molecule has 1 aliphatic heterocycles. The van der Waals surface area contributed by atoms with Crippen LogP contribution < -0.4 is 10.6 Å². The first-order valence-electron chi connectivity index (χ1n) is 6.11. The summed E-state index contributed by atoms with van der Waals surface area (Å²) >= 11 is 0. The van der Waals surface area contributed by atoms with Crippen molar-refractivity contribution in [1.29, 1.82) is 0 Å². The lowest BCUT2D eigenvalue weighted by atomic mass is 9.88. The van der Waals surface area contributed by atoms with Gasteiger partial charge in [-0.1, -0.05) is 6.92 Å². The van der Waals surface area contributed by atoms with Crippen molar-refractivity contribution < 1.29 is 4.79 Å². The van der Waals surface area contributed by atoms with E-state index in [0.717, 1.165) is 32.0 Å². The van der Waals surface area contributed by atoms with Gasteiger partial charge < -0.3 is 10.6 Å². The molecule has 0 aromatic carbocycles. The topological polar surface area (TPSA) is 41.1 Å². The number of carbonyl (C=O) groups excluding carboxylic acids is 1. The second-order valence-corrected chi connectivity index (χ2v) is 5.51. The van der Waals surface area contributed by atoms with E-state index in [0.29, 0.717) is 5.92 Å². The van der Waals surface area contributed by atoms with Crippen molar-refractivity contribution in [1.82, 2.24) is 10.6 Å². The van der Waals surface area contributed by atoms with E-state index in [1.165, 1.54) is 12.8 Å². The number of carbonyl (C=O) groups is 1. The third kappa shape index (κ3) is 2.51. The summed E-state index contributed by atoms with van der Waals surface area (Å²) in [5, 5.41) is 6.36. The maximum Gasteiger partial charge on any atom is 0.227 e. The summed E-state index contributed by atoms with van der Waals surface area (Å²) in [6.07, 6.45) is 3.68. The van der Waals surface area contributed by atoms with Crippen LogP contribution in [-0.2, 0) is 4.79 Å². The highest BCUT2D eigenvalue weighted by molar-refractivity contribution is 5.82. The minimum atomic E-state index is -0.163. The molecule has 1 aliphatic carbocycles. The molecule has 2 unspecified atom stereocenters. The number of hydrogen-bond acceptors (Lipinski definition) is 2. The van der Waals surface area contributed by atoms with Gasteiger partial charge in [0.25, 0.3) is 0 Å². The minimum Gasteiger partial charge on any atom is -0.355 e. The Hall–Kier alpha value is -0.570. The van der Waals surface area contributed by atoms with Gasteiger partial charge in [0.15, 0.2) is 0 Å². The molecule has 3 nitrogen and oxygen atoms in total. The Kier molecular flexibility index (Phi) is 3.01. The molecule has 0 bridgehead atoms. The molecular formula is C12H22N2O. The van der Waals surface area contributed by atoms with Crippen LogP contribution in [-0.4, -0.2) is 25.5 Å². The van der Waals surface area contributed by atoms with Gasteiger partial charge in [-0.15, -0.1) is 0 Å². The van der Waals surface area contributed by atoms with Gasteiger partial charge in [-0.05, 0) is 44.6 Å². The quantitative estimate of drug-likeness (QED) is 0.731. The van der Waals surface area contributed by atoms with Crippen molar-refractivity contribution in [2.45, 2.75) is 33.1 Å². The number of amides is 1. The summed E-state index contributed by atoms with van der Waals surface area (Å²) in [6.45, 7) is 6.97. The van der Waals surface area contributed by atoms with Crippen molar-refractivity contribution in [3.05, 3.63) is 0 Å².